The number of halogens is 2. The summed E-state index contributed by atoms with van der Waals surface area (Å²) in [6, 6.07) is 14.5. The van der Waals surface area contributed by atoms with E-state index in [9.17, 15) is 4.39 Å². The number of hydrogen-bond acceptors (Lipinski definition) is 1. The van der Waals surface area contributed by atoms with Crippen LogP contribution in [0.15, 0.2) is 48.5 Å². The van der Waals surface area contributed by atoms with E-state index in [2.05, 4.69) is 11.9 Å². The molecular weight excluding hydrogens is 273 g/mol. The molecule has 0 aliphatic heterocycles. The minimum Gasteiger partial charge on any atom is -0.244 e. The second kappa shape index (κ2) is 5.22. The Labute approximate surface area is 122 Å². The summed E-state index contributed by atoms with van der Waals surface area (Å²) in [7, 11) is 0. The molecule has 0 aliphatic carbocycles. The Morgan fingerprint density at radius 2 is 1.90 bits per heavy atom. The zero-order valence-corrected chi connectivity index (χ0v) is 11.8. The van der Waals surface area contributed by atoms with Gasteiger partial charge in [0, 0.05) is 16.0 Å². The molecule has 1 aromatic heterocycles. The maximum atomic E-state index is 13.9. The van der Waals surface area contributed by atoms with Crippen molar-refractivity contribution >= 4 is 22.5 Å². The molecule has 3 aromatic rings. The van der Waals surface area contributed by atoms with Gasteiger partial charge in [0.15, 0.2) is 0 Å². The predicted molar refractivity (Wildman–Crippen MR) is 81.5 cm³/mol. The minimum absolute atomic E-state index is 0.307. The van der Waals surface area contributed by atoms with Crippen molar-refractivity contribution in [1.82, 2.24) is 4.98 Å². The van der Waals surface area contributed by atoms with Gasteiger partial charge in [-0.1, -0.05) is 48.9 Å². The minimum atomic E-state index is -0.307. The van der Waals surface area contributed by atoms with Gasteiger partial charge in [-0.15, -0.1) is 0 Å². The molecule has 0 aliphatic rings. The number of hydrogen-bond donors (Lipinski definition) is 0. The number of fused-ring (bicyclic) bond motifs is 1. The van der Waals surface area contributed by atoms with Crippen molar-refractivity contribution in [2.45, 2.75) is 13.3 Å². The van der Waals surface area contributed by atoms with E-state index in [4.69, 9.17) is 11.6 Å². The van der Waals surface area contributed by atoms with Crippen molar-refractivity contribution in [2.75, 3.05) is 0 Å². The van der Waals surface area contributed by atoms with Gasteiger partial charge < -0.3 is 0 Å². The van der Waals surface area contributed by atoms with Gasteiger partial charge in [-0.25, -0.2) is 9.37 Å². The molecule has 0 radical (unpaired) electrons. The summed E-state index contributed by atoms with van der Waals surface area (Å²) in [6.07, 6.45) is 0.819. The second-order valence-corrected chi connectivity index (χ2v) is 5.05. The van der Waals surface area contributed by atoms with E-state index in [0.29, 0.717) is 10.5 Å². The van der Waals surface area contributed by atoms with Gasteiger partial charge in [0.1, 0.15) is 11.3 Å². The Kier molecular flexibility index (Phi) is 3.41. The van der Waals surface area contributed by atoms with Gasteiger partial charge in [-0.05, 0) is 30.2 Å². The van der Waals surface area contributed by atoms with Crippen LogP contribution in [0.4, 0.5) is 4.39 Å². The van der Waals surface area contributed by atoms with Gasteiger partial charge in [-0.3, -0.25) is 0 Å². The topological polar surface area (TPSA) is 12.9 Å². The fourth-order valence-electron chi connectivity index (χ4n) is 2.36. The van der Waals surface area contributed by atoms with Crippen molar-refractivity contribution in [3.05, 3.63) is 64.9 Å². The molecule has 0 amide bonds. The summed E-state index contributed by atoms with van der Waals surface area (Å²) < 4.78 is 13.9. The third kappa shape index (κ3) is 2.16. The lowest BCUT2D eigenvalue weighted by atomic mass is 10.0. The molecule has 2 aromatic carbocycles. The lowest BCUT2D eigenvalue weighted by molar-refractivity contribution is 0.637. The number of rotatable bonds is 2. The highest BCUT2D eigenvalue weighted by atomic mass is 35.5. The first-order valence-electron chi connectivity index (χ1n) is 6.53. The molecule has 0 spiro atoms. The van der Waals surface area contributed by atoms with E-state index < -0.39 is 0 Å². The Morgan fingerprint density at radius 3 is 2.65 bits per heavy atom. The fourth-order valence-corrected chi connectivity index (χ4v) is 2.59. The van der Waals surface area contributed by atoms with Crippen LogP contribution >= 0.6 is 11.6 Å². The van der Waals surface area contributed by atoms with Crippen LogP contribution in [0.2, 0.25) is 5.02 Å². The van der Waals surface area contributed by atoms with Crippen LogP contribution in [0.5, 0.6) is 0 Å². The zero-order chi connectivity index (χ0) is 14.1. The molecule has 0 atom stereocenters. The third-order valence-corrected chi connectivity index (χ3v) is 3.71. The standard InChI is InChI=1S/C17H13ClFN/c1-2-11-10-12-6-5-9-15(19)17(12)20-16(11)13-7-3-4-8-14(13)18/h3-10H,2H2,1H3. The summed E-state index contributed by atoms with van der Waals surface area (Å²) in [5.41, 5.74) is 3.06. The van der Waals surface area contributed by atoms with Gasteiger partial charge in [0.2, 0.25) is 0 Å². The maximum Gasteiger partial charge on any atom is 0.149 e. The molecule has 1 nitrogen and oxygen atoms in total. The number of aryl methyl sites for hydroxylation is 1. The van der Waals surface area contributed by atoms with Crippen molar-refractivity contribution in [3.8, 4) is 11.3 Å². The molecule has 0 unspecified atom stereocenters. The number of para-hydroxylation sites is 1. The second-order valence-electron chi connectivity index (χ2n) is 4.64. The van der Waals surface area contributed by atoms with Gasteiger partial charge in [0.05, 0.1) is 5.69 Å². The summed E-state index contributed by atoms with van der Waals surface area (Å²) in [6.45, 7) is 2.06. The summed E-state index contributed by atoms with van der Waals surface area (Å²) in [4.78, 5) is 4.52. The number of benzene rings is 2. The number of pyridine rings is 1. The van der Waals surface area contributed by atoms with Crippen LogP contribution in [0.25, 0.3) is 22.2 Å². The van der Waals surface area contributed by atoms with Gasteiger partial charge in [-0.2, -0.15) is 0 Å². The zero-order valence-electron chi connectivity index (χ0n) is 11.0. The first kappa shape index (κ1) is 13.1. The third-order valence-electron chi connectivity index (χ3n) is 3.39. The van der Waals surface area contributed by atoms with Crippen molar-refractivity contribution < 1.29 is 4.39 Å². The van der Waals surface area contributed by atoms with Gasteiger partial charge in [0.25, 0.3) is 0 Å². The molecule has 1 heterocycles. The number of nitrogens with zero attached hydrogens (tertiary/aromatic N) is 1. The first-order valence-corrected chi connectivity index (χ1v) is 6.91. The molecular formula is C17H13ClFN. The molecule has 20 heavy (non-hydrogen) atoms. The van der Waals surface area contributed by atoms with Crippen LogP contribution in [-0.4, -0.2) is 4.98 Å². The van der Waals surface area contributed by atoms with Crippen LogP contribution < -0.4 is 0 Å². The highest BCUT2D eigenvalue weighted by Gasteiger charge is 2.12. The molecule has 0 fully saturated rings. The number of aromatic nitrogens is 1. The van der Waals surface area contributed by atoms with E-state index in [-0.39, 0.29) is 5.82 Å². The summed E-state index contributed by atoms with van der Waals surface area (Å²) in [5.74, 6) is -0.307. The molecule has 0 saturated heterocycles. The Morgan fingerprint density at radius 1 is 1.10 bits per heavy atom. The van der Waals surface area contributed by atoms with E-state index in [0.717, 1.165) is 28.6 Å². The molecule has 0 saturated carbocycles. The Balaban J connectivity index is 2.34. The summed E-state index contributed by atoms with van der Waals surface area (Å²) >= 11 is 6.24. The molecule has 0 bridgehead atoms. The highest BCUT2D eigenvalue weighted by molar-refractivity contribution is 6.33. The fraction of sp³-hybridized carbons (Fsp3) is 0.118. The van der Waals surface area contributed by atoms with Crippen molar-refractivity contribution in [3.63, 3.8) is 0 Å². The average molecular weight is 286 g/mol. The first-order chi connectivity index (χ1) is 9.70. The highest BCUT2D eigenvalue weighted by Crippen LogP contribution is 2.31. The Bertz CT molecular complexity index is 783. The summed E-state index contributed by atoms with van der Waals surface area (Å²) in [5, 5.41) is 1.45. The van der Waals surface area contributed by atoms with Crippen LogP contribution in [0.3, 0.4) is 0 Å². The van der Waals surface area contributed by atoms with Crippen LogP contribution in [0.1, 0.15) is 12.5 Å². The van der Waals surface area contributed by atoms with E-state index in [1.807, 2.05) is 36.4 Å². The van der Waals surface area contributed by atoms with Crippen molar-refractivity contribution in [2.24, 2.45) is 0 Å². The lowest BCUT2D eigenvalue weighted by Crippen LogP contribution is -1.95. The molecule has 3 heteroatoms. The van der Waals surface area contributed by atoms with Crippen molar-refractivity contribution in [1.29, 1.82) is 0 Å². The van der Waals surface area contributed by atoms with Crippen LogP contribution in [0, 0.1) is 5.82 Å². The molecule has 0 N–H and O–H groups in total. The van der Waals surface area contributed by atoms with Crippen LogP contribution in [-0.2, 0) is 6.42 Å². The maximum absolute atomic E-state index is 13.9. The smallest absolute Gasteiger partial charge is 0.149 e. The largest absolute Gasteiger partial charge is 0.244 e. The predicted octanol–water partition coefficient (Wildman–Crippen LogP) is 5.26. The van der Waals surface area contributed by atoms with E-state index >= 15 is 0 Å². The van der Waals surface area contributed by atoms with E-state index in [1.54, 1.807) is 6.07 Å². The quantitative estimate of drug-likeness (QED) is 0.626. The molecule has 3 rings (SSSR count). The Hall–Kier alpha value is -1.93. The average Bonchev–Trinajstić information content (AvgIpc) is 2.47. The van der Waals surface area contributed by atoms with E-state index in [1.165, 1.54) is 6.07 Å². The lowest BCUT2D eigenvalue weighted by Gasteiger charge is -2.11. The normalized spacial score (nSPS) is 10.9. The monoisotopic (exact) mass is 285 g/mol. The SMILES string of the molecule is CCc1cc2cccc(F)c2nc1-c1ccccc1Cl. The van der Waals surface area contributed by atoms with Gasteiger partial charge >= 0.3 is 0 Å². The molecule has 100 valence electrons.